The minimum atomic E-state index is 0.422. The van der Waals surface area contributed by atoms with Gasteiger partial charge in [0.2, 0.25) is 0 Å². The van der Waals surface area contributed by atoms with Crippen LogP contribution in [0.25, 0.3) is 10.9 Å². The number of piperidine rings is 1. The van der Waals surface area contributed by atoms with E-state index in [1.807, 2.05) is 6.07 Å². The van der Waals surface area contributed by atoms with Crippen LogP contribution in [0.4, 0.5) is 5.69 Å². The molecule has 29 heavy (non-hydrogen) atoms. The predicted octanol–water partition coefficient (Wildman–Crippen LogP) is 4.03. The van der Waals surface area contributed by atoms with Crippen molar-refractivity contribution in [3.05, 3.63) is 23.4 Å². The summed E-state index contributed by atoms with van der Waals surface area (Å²) in [7, 11) is 3.36. The largest absolute Gasteiger partial charge is 0.493 e. The molecule has 2 heterocycles. The third kappa shape index (κ3) is 4.13. The molecule has 0 spiro atoms. The molecular formula is C24H31N3O2. The fraction of sp³-hybridized carbons (Fsp3) is 0.542. The maximum absolute atomic E-state index is 5.59. The second kappa shape index (κ2) is 8.92. The molecule has 2 aliphatic rings. The number of methoxy groups -OCH3 is 2. The lowest BCUT2D eigenvalue weighted by molar-refractivity contribution is 0.221. The van der Waals surface area contributed by atoms with E-state index in [9.17, 15) is 0 Å². The number of rotatable bonds is 6. The highest BCUT2D eigenvalue weighted by molar-refractivity contribution is 5.96. The van der Waals surface area contributed by atoms with Gasteiger partial charge in [0, 0.05) is 48.4 Å². The van der Waals surface area contributed by atoms with Gasteiger partial charge < -0.3 is 19.7 Å². The molecule has 0 bridgehead atoms. The number of fused-ring (bicyclic) bond motifs is 2. The molecule has 5 nitrogen and oxygen atoms in total. The molecule has 0 amide bonds. The Morgan fingerprint density at radius 1 is 1.17 bits per heavy atom. The van der Waals surface area contributed by atoms with Crippen molar-refractivity contribution in [2.45, 2.75) is 51.0 Å². The van der Waals surface area contributed by atoms with Crippen molar-refractivity contribution in [1.82, 2.24) is 9.88 Å². The van der Waals surface area contributed by atoms with Gasteiger partial charge in [-0.3, -0.25) is 4.98 Å². The van der Waals surface area contributed by atoms with Crippen LogP contribution in [0.1, 0.15) is 43.4 Å². The van der Waals surface area contributed by atoms with Crippen LogP contribution in [0.2, 0.25) is 0 Å². The van der Waals surface area contributed by atoms with Gasteiger partial charge in [-0.2, -0.15) is 0 Å². The highest BCUT2D eigenvalue weighted by atomic mass is 16.5. The zero-order valence-electron chi connectivity index (χ0n) is 17.6. The van der Waals surface area contributed by atoms with Gasteiger partial charge in [0.05, 0.1) is 19.7 Å². The van der Waals surface area contributed by atoms with Crippen molar-refractivity contribution in [3.63, 3.8) is 0 Å². The van der Waals surface area contributed by atoms with E-state index in [2.05, 4.69) is 22.2 Å². The van der Waals surface area contributed by atoms with Crippen molar-refractivity contribution < 1.29 is 9.47 Å². The molecule has 5 heteroatoms. The maximum atomic E-state index is 5.59. The van der Waals surface area contributed by atoms with Gasteiger partial charge in [-0.05, 0) is 56.7 Å². The highest BCUT2D eigenvalue weighted by Crippen LogP contribution is 2.39. The van der Waals surface area contributed by atoms with Crippen LogP contribution in [0.3, 0.4) is 0 Å². The molecule has 0 unspecified atom stereocenters. The third-order valence-corrected chi connectivity index (χ3v) is 6.19. The number of hydrogen-bond donors (Lipinski definition) is 1. The minimum Gasteiger partial charge on any atom is -0.493 e. The second-order valence-electron chi connectivity index (χ2n) is 8.08. The first kappa shape index (κ1) is 19.8. The smallest absolute Gasteiger partial charge is 0.162 e. The molecule has 0 radical (unpaired) electrons. The second-order valence-corrected chi connectivity index (χ2v) is 8.08. The Kier molecular flexibility index (Phi) is 6.10. The van der Waals surface area contributed by atoms with Crippen molar-refractivity contribution >= 4 is 16.6 Å². The van der Waals surface area contributed by atoms with Gasteiger partial charge in [-0.25, -0.2) is 0 Å². The standard InChI is InChI=1S/C24H31N3O2/c1-4-5-12-27-13-8-9-17(16-27)25-24-18-10-6-7-11-20(18)26-21-15-23(29-3)22(28-2)14-19(21)24/h1,14-15,17H,5-13,16H2,2-3H3,(H,25,26)/t17-/m1/s1. The number of nitrogens with zero attached hydrogens (tertiary/aromatic N) is 2. The van der Waals surface area contributed by atoms with Gasteiger partial charge in [-0.15, -0.1) is 12.3 Å². The highest BCUT2D eigenvalue weighted by Gasteiger charge is 2.24. The molecule has 1 aromatic heterocycles. The quantitative estimate of drug-likeness (QED) is 0.751. The van der Waals surface area contributed by atoms with Crippen LogP contribution in [0.15, 0.2) is 12.1 Å². The van der Waals surface area contributed by atoms with Gasteiger partial charge >= 0.3 is 0 Å². The summed E-state index contributed by atoms with van der Waals surface area (Å²) in [4.78, 5) is 7.49. The van der Waals surface area contributed by atoms with E-state index in [4.69, 9.17) is 20.9 Å². The summed E-state index contributed by atoms with van der Waals surface area (Å²) in [6.45, 7) is 3.16. The summed E-state index contributed by atoms with van der Waals surface area (Å²) in [6, 6.07) is 4.51. The Morgan fingerprint density at radius 2 is 1.97 bits per heavy atom. The van der Waals surface area contributed by atoms with Crippen molar-refractivity contribution in [1.29, 1.82) is 0 Å². The van der Waals surface area contributed by atoms with Crippen LogP contribution in [0.5, 0.6) is 11.5 Å². The Hall–Kier alpha value is -2.45. The van der Waals surface area contributed by atoms with Crippen LogP contribution in [-0.2, 0) is 12.8 Å². The molecule has 2 aromatic rings. The first-order valence-electron chi connectivity index (χ1n) is 10.7. The number of nitrogens with one attached hydrogen (secondary N) is 1. The van der Waals surface area contributed by atoms with Gasteiger partial charge in [-0.1, -0.05) is 0 Å². The van der Waals surface area contributed by atoms with E-state index in [0.717, 1.165) is 61.3 Å². The van der Waals surface area contributed by atoms with Crippen molar-refractivity contribution in [2.75, 3.05) is 39.2 Å². The summed E-state index contributed by atoms with van der Waals surface area (Å²) in [5.41, 5.74) is 4.84. The lowest BCUT2D eigenvalue weighted by Crippen LogP contribution is -2.42. The number of terminal acetylenes is 1. The molecule has 1 N–H and O–H groups in total. The molecule has 154 valence electrons. The molecule has 1 fully saturated rings. The molecule has 1 aromatic carbocycles. The molecule has 1 saturated heterocycles. The topological polar surface area (TPSA) is 46.6 Å². The van der Waals surface area contributed by atoms with Crippen molar-refractivity contribution in [2.24, 2.45) is 0 Å². The number of aryl methyl sites for hydroxylation is 1. The summed E-state index contributed by atoms with van der Waals surface area (Å²) in [5.74, 6) is 4.25. The fourth-order valence-corrected chi connectivity index (χ4v) is 4.72. The first-order valence-corrected chi connectivity index (χ1v) is 10.7. The summed E-state index contributed by atoms with van der Waals surface area (Å²) in [5, 5.41) is 5.05. The monoisotopic (exact) mass is 393 g/mol. The Morgan fingerprint density at radius 3 is 2.76 bits per heavy atom. The van der Waals surface area contributed by atoms with Crippen LogP contribution in [-0.4, -0.2) is 49.8 Å². The number of hydrogen-bond acceptors (Lipinski definition) is 5. The average molecular weight is 394 g/mol. The SMILES string of the molecule is C#CCCN1CCC[C@@H](Nc2c3c(nc4cc(OC)c(OC)cc24)CCCC3)C1. The summed E-state index contributed by atoms with van der Waals surface area (Å²) in [6.07, 6.45) is 13.2. The molecule has 1 atom stereocenters. The number of benzene rings is 1. The predicted molar refractivity (Wildman–Crippen MR) is 118 cm³/mol. The lowest BCUT2D eigenvalue weighted by Gasteiger charge is -2.34. The van der Waals surface area contributed by atoms with E-state index in [0.29, 0.717) is 6.04 Å². The van der Waals surface area contributed by atoms with Gasteiger partial charge in [0.1, 0.15) is 0 Å². The average Bonchev–Trinajstić information content (AvgIpc) is 2.77. The molecular weight excluding hydrogens is 362 g/mol. The zero-order valence-corrected chi connectivity index (χ0v) is 17.6. The van der Waals surface area contributed by atoms with Crippen molar-refractivity contribution in [3.8, 4) is 23.8 Å². The summed E-state index contributed by atoms with van der Waals surface area (Å²) < 4.78 is 11.1. The van der Waals surface area contributed by atoms with Crippen LogP contribution in [0, 0.1) is 12.3 Å². The number of pyridine rings is 1. The number of ether oxygens (including phenoxy) is 2. The number of likely N-dealkylation sites (tertiary alicyclic amines) is 1. The lowest BCUT2D eigenvalue weighted by atomic mass is 9.92. The number of aromatic nitrogens is 1. The third-order valence-electron chi connectivity index (χ3n) is 6.19. The van der Waals surface area contributed by atoms with E-state index < -0.39 is 0 Å². The molecule has 0 saturated carbocycles. The Balaban J connectivity index is 1.72. The Bertz CT molecular complexity index is 913. The van der Waals surface area contributed by atoms with E-state index >= 15 is 0 Å². The Labute approximate surface area is 173 Å². The molecule has 1 aliphatic carbocycles. The minimum absolute atomic E-state index is 0.422. The maximum Gasteiger partial charge on any atom is 0.162 e. The first-order chi connectivity index (χ1) is 14.2. The zero-order chi connectivity index (χ0) is 20.2. The normalized spacial score (nSPS) is 19.4. The van der Waals surface area contributed by atoms with Crippen LogP contribution >= 0.6 is 0 Å². The van der Waals surface area contributed by atoms with Gasteiger partial charge in [0.25, 0.3) is 0 Å². The molecule has 1 aliphatic heterocycles. The summed E-state index contributed by atoms with van der Waals surface area (Å²) >= 11 is 0. The molecule has 4 rings (SSSR count). The number of anilines is 1. The van der Waals surface area contributed by atoms with E-state index in [1.54, 1.807) is 14.2 Å². The van der Waals surface area contributed by atoms with E-state index in [1.165, 1.54) is 42.6 Å². The van der Waals surface area contributed by atoms with Gasteiger partial charge in [0.15, 0.2) is 11.5 Å². The van der Waals surface area contributed by atoms with E-state index in [-0.39, 0.29) is 0 Å². The fourth-order valence-electron chi connectivity index (χ4n) is 4.72. The van der Waals surface area contributed by atoms with Crippen LogP contribution < -0.4 is 14.8 Å².